The molecule has 2 heterocycles. The fourth-order valence-corrected chi connectivity index (χ4v) is 7.12. The van der Waals surface area contributed by atoms with Gasteiger partial charge in [-0.1, -0.05) is 176 Å². The summed E-state index contributed by atoms with van der Waals surface area (Å²) >= 11 is 0. The van der Waals surface area contributed by atoms with Crippen molar-refractivity contribution in [2.24, 2.45) is 0 Å². The van der Waals surface area contributed by atoms with Crippen LogP contribution in [0.3, 0.4) is 0 Å². The van der Waals surface area contributed by atoms with Gasteiger partial charge in [0, 0.05) is 33.4 Å². The van der Waals surface area contributed by atoms with Crippen LogP contribution in [-0.2, 0) is 0 Å². The SMILES string of the molecule is c1ccc(-c2nc(-c3ccc4cccc(-c5nc(-c6ccccc6)nc(-c6cccc7ccccc67)n5)c4c3)nc(-c3cccc4ccccc34)n2)cc1. The smallest absolute Gasteiger partial charge is 0.164 e. The van der Waals surface area contributed by atoms with Crippen molar-refractivity contribution in [2.75, 3.05) is 0 Å². The topological polar surface area (TPSA) is 77.3 Å². The van der Waals surface area contributed by atoms with Crippen LogP contribution in [0.5, 0.6) is 0 Å². The highest BCUT2D eigenvalue weighted by atomic mass is 15.0. The van der Waals surface area contributed by atoms with Gasteiger partial charge in [0.15, 0.2) is 34.9 Å². The summed E-state index contributed by atoms with van der Waals surface area (Å²) in [7, 11) is 0. The number of fused-ring (bicyclic) bond motifs is 3. The minimum absolute atomic E-state index is 0.584. The molecule has 0 amide bonds. The number of nitrogens with zero attached hydrogens (tertiary/aromatic N) is 6. The Labute approximate surface area is 311 Å². The van der Waals surface area contributed by atoms with Gasteiger partial charge in [-0.15, -0.1) is 0 Å². The maximum atomic E-state index is 5.18. The number of rotatable bonds is 6. The van der Waals surface area contributed by atoms with Crippen molar-refractivity contribution in [1.82, 2.24) is 29.9 Å². The highest BCUT2D eigenvalue weighted by molar-refractivity contribution is 5.99. The zero-order chi connectivity index (χ0) is 35.8. The van der Waals surface area contributed by atoms with Crippen molar-refractivity contribution in [3.05, 3.63) is 182 Å². The van der Waals surface area contributed by atoms with E-state index in [4.69, 9.17) is 29.9 Å². The van der Waals surface area contributed by atoms with Crippen LogP contribution in [-0.4, -0.2) is 29.9 Å². The van der Waals surface area contributed by atoms with Crippen molar-refractivity contribution in [2.45, 2.75) is 0 Å². The molecule has 0 N–H and O–H groups in total. The van der Waals surface area contributed by atoms with Crippen LogP contribution in [0, 0.1) is 0 Å². The van der Waals surface area contributed by atoms with Gasteiger partial charge in [0.05, 0.1) is 0 Å². The molecule has 0 unspecified atom stereocenters. The normalized spacial score (nSPS) is 11.3. The molecule has 2 aromatic heterocycles. The molecule has 8 aromatic carbocycles. The van der Waals surface area contributed by atoms with Gasteiger partial charge in [-0.25, -0.2) is 29.9 Å². The van der Waals surface area contributed by atoms with E-state index in [9.17, 15) is 0 Å². The Morgan fingerprint density at radius 2 is 0.574 bits per heavy atom. The number of aromatic nitrogens is 6. The van der Waals surface area contributed by atoms with Gasteiger partial charge in [0.25, 0.3) is 0 Å². The van der Waals surface area contributed by atoms with Gasteiger partial charge in [-0.05, 0) is 38.4 Å². The first-order valence-electron chi connectivity index (χ1n) is 17.9. The van der Waals surface area contributed by atoms with Crippen LogP contribution in [0.4, 0.5) is 0 Å². The van der Waals surface area contributed by atoms with Gasteiger partial charge in [-0.2, -0.15) is 0 Å². The van der Waals surface area contributed by atoms with Gasteiger partial charge >= 0.3 is 0 Å². The molecule has 54 heavy (non-hydrogen) atoms. The van der Waals surface area contributed by atoms with Crippen LogP contribution < -0.4 is 0 Å². The van der Waals surface area contributed by atoms with Crippen LogP contribution in [0.25, 0.3) is 101 Å². The molecular weight excluding hydrogens is 661 g/mol. The average molecular weight is 691 g/mol. The Balaban J connectivity index is 1.18. The summed E-state index contributed by atoms with van der Waals surface area (Å²) in [6.45, 7) is 0. The van der Waals surface area contributed by atoms with Gasteiger partial charge in [-0.3, -0.25) is 0 Å². The molecule has 0 aliphatic carbocycles. The maximum Gasteiger partial charge on any atom is 0.164 e. The Hall–Kier alpha value is -7.44. The third-order valence-electron chi connectivity index (χ3n) is 9.78. The van der Waals surface area contributed by atoms with Crippen molar-refractivity contribution in [3.8, 4) is 68.3 Å². The van der Waals surface area contributed by atoms with Gasteiger partial charge < -0.3 is 0 Å². The number of hydrogen-bond acceptors (Lipinski definition) is 6. The highest BCUT2D eigenvalue weighted by Gasteiger charge is 2.18. The fourth-order valence-electron chi connectivity index (χ4n) is 7.12. The first kappa shape index (κ1) is 31.3. The molecule has 0 radical (unpaired) electrons. The molecule has 0 saturated carbocycles. The van der Waals surface area contributed by atoms with E-state index < -0.39 is 0 Å². The minimum Gasteiger partial charge on any atom is -0.208 e. The first-order chi connectivity index (χ1) is 26.7. The lowest BCUT2D eigenvalue weighted by molar-refractivity contribution is 1.07. The molecule has 0 saturated heterocycles. The largest absolute Gasteiger partial charge is 0.208 e. The van der Waals surface area contributed by atoms with E-state index in [1.807, 2.05) is 84.9 Å². The Morgan fingerprint density at radius 3 is 1.07 bits per heavy atom. The summed E-state index contributed by atoms with van der Waals surface area (Å²) in [5.41, 5.74) is 5.50. The van der Waals surface area contributed by atoms with Crippen LogP contribution >= 0.6 is 0 Å². The number of hydrogen-bond donors (Lipinski definition) is 0. The molecule has 0 aliphatic rings. The van der Waals surface area contributed by atoms with Crippen molar-refractivity contribution in [1.29, 1.82) is 0 Å². The lowest BCUT2D eigenvalue weighted by atomic mass is 10.00. The molecule has 252 valence electrons. The van der Waals surface area contributed by atoms with E-state index in [1.165, 1.54) is 0 Å². The predicted octanol–water partition coefficient (Wildman–Crippen LogP) is 11.5. The van der Waals surface area contributed by atoms with E-state index in [-0.39, 0.29) is 0 Å². The van der Waals surface area contributed by atoms with E-state index in [2.05, 4.69) is 97.1 Å². The summed E-state index contributed by atoms with van der Waals surface area (Å²) in [5, 5.41) is 6.46. The summed E-state index contributed by atoms with van der Waals surface area (Å²) < 4.78 is 0. The van der Waals surface area contributed by atoms with Gasteiger partial charge in [0.2, 0.25) is 0 Å². The van der Waals surface area contributed by atoms with E-state index in [0.29, 0.717) is 34.9 Å². The van der Waals surface area contributed by atoms with E-state index in [1.54, 1.807) is 0 Å². The standard InChI is InChI=1S/C48H30N6/c1-3-16-34(17-4-1)43-49-45(53-46(50-43)39-25-11-20-31-14-7-9-23-37(31)39)36-29-28-33-22-13-27-41(42(33)30-36)48-52-44(35-18-5-2-6-19-35)51-47(54-48)40-26-12-21-32-15-8-10-24-38(32)40/h1-30H. The average Bonchev–Trinajstić information content (AvgIpc) is 3.26. The van der Waals surface area contributed by atoms with Crippen LogP contribution in [0.2, 0.25) is 0 Å². The lowest BCUT2D eigenvalue weighted by Crippen LogP contribution is -2.01. The highest BCUT2D eigenvalue weighted by Crippen LogP contribution is 2.35. The maximum absolute atomic E-state index is 5.18. The third-order valence-corrected chi connectivity index (χ3v) is 9.78. The second-order valence-electron chi connectivity index (χ2n) is 13.1. The third kappa shape index (κ3) is 5.72. The summed E-state index contributed by atoms with van der Waals surface area (Å²) in [5.74, 6) is 3.64. The molecule has 0 atom stereocenters. The molecule has 0 spiro atoms. The van der Waals surface area contributed by atoms with Gasteiger partial charge in [0.1, 0.15) is 0 Å². The minimum atomic E-state index is 0.584. The van der Waals surface area contributed by atoms with Crippen molar-refractivity contribution < 1.29 is 0 Å². The van der Waals surface area contributed by atoms with Crippen molar-refractivity contribution >= 4 is 32.3 Å². The molecule has 6 heteroatoms. The zero-order valence-corrected chi connectivity index (χ0v) is 29.0. The second kappa shape index (κ2) is 13.3. The summed E-state index contributed by atoms with van der Waals surface area (Å²) in [6, 6.07) is 61.9. The fraction of sp³-hybridized carbons (Fsp3) is 0. The molecule has 0 fully saturated rings. The Bertz CT molecular complexity index is 2990. The number of benzene rings is 8. The zero-order valence-electron chi connectivity index (χ0n) is 29.0. The van der Waals surface area contributed by atoms with Crippen molar-refractivity contribution in [3.63, 3.8) is 0 Å². The second-order valence-corrected chi connectivity index (χ2v) is 13.1. The lowest BCUT2D eigenvalue weighted by Gasteiger charge is -2.13. The van der Waals surface area contributed by atoms with E-state index in [0.717, 1.165) is 65.7 Å². The molecular formula is C48H30N6. The molecule has 0 bridgehead atoms. The van der Waals surface area contributed by atoms with Crippen LogP contribution in [0.1, 0.15) is 0 Å². The Morgan fingerprint density at radius 1 is 0.222 bits per heavy atom. The molecule has 6 nitrogen and oxygen atoms in total. The monoisotopic (exact) mass is 690 g/mol. The predicted molar refractivity (Wildman–Crippen MR) is 218 cm³/mol. The Kier molecular flexibility index (Phi) is 7.69. The summed E-state index contributed by atoms with van der Waals surface area (Å²) in [4.78, 5) is 30.5. The summed E-state index contributed by atoms with van der Waals surface area (Å²) in [6.07, 6.45) is 0. The quantitative estimate of drug-likeness (QED) is 0.173. The molecule has 10 aromatic rings. The molecule has 10 rings (SSSR count). The van der Waals surface area contributed by atoms with Crippen LogP contribution in [0.15, 0.2) is 182 Å². The first-order valence-corrected chi connectivity index (χ1v) is 17.9. The molecule has 0 aliphatic heterocycles. The van der Waals surface area contributed by atoms with E-state index >= 15 is 0 Å².